The largest absolute Gasteiger partial charge is 0.383 e. The predicted molar refractivity (Wildman–Crippen MR) is 130 cm³/mol. The normalized spacial score (nSPS) is 12.0. The molecule has 0 amide bonds. The summed E-state index contributed by atoms with van der Waals surface area (Å²) >= 11 is 0. The lowest BCUT2D eigenvalue weighted by atomic mass is 10.1. The second-order valence-electron chi connectivity index (χ2n) is 7.30. The highest BCUT2D eigenvalue weighted by Crippen LogP contribution is 2.22. The lowest BCUT2D eigenvalue weighted by Gasteiger charge is -2.09. The number of para-hydroxylation sites is 1. The minimum Gasteiger partial charge on any atom is -0.383 e. The number of nitrogens with zero attached hydrogens (tertiary/aromatic N) is 2. The SMILES string of the molecule is Nc1nc(NCCC=CCCNS(=O)(=O)c2cccc3ccccc23)nc2ccccc12. The Balaban J connectivity index is 1.24. The van der Waals surface area contributed by atoms with Gasteiger partial charge in [-0.05, 0) is 36.4 Å². The highest BCUT2D eigenvalue weighted by atomic mass is 32.2. The van der Waals surface area contributed by atoms with Crippen LogP contribution in [-0.2, 0) is 10.0 Å². The first-order chi connectivity index (χ1) is 15.5. The number of fused-ring (bicyclic) bond motifs is 2. The number of aromatic nitrogens is 2. The van der Waals surface area contributed by atoms with Gasteiger partial charge in [-0.25, -0.2) is 18.1 Å². The quantitative estimate of drug-likeness (QED) is 0.263. The van der Waals surface area contributed by atoms with Crippen molar-refractivity contribution in [3.8, 4) is 0 Å². The van der Waals surface area contributed by atoms with Crippen LogP contribution in [0, 0.1) is 0 Å². The van der Waals surface area contributed by atoms with Gasteiger partial charge >= 0.3 is 0 Å². The van der Waals surface area contributed by atoms with Crippen molar-refractivity contribution in [1.82, 2.24) is 14.7 Å². The third kappa shape index (κ3) is 5.04. The molecule has 4 rings (SSSR count). The Morgan fingerprint density at radius 3 is 2.34 bits per heavy atom. The van der Waals surface area contributed by atoms with Gasteiger partial charge in [-0.15, -0.1) is 0 Å². The molecule has 1 aromatic heterocycles. The third-order valence-corrected chi connectivity index (χ3v) is 6.55. The summed E-state index contributed by atoms with van der Waals surface area (Å²) in [4.78, 5) is 9.04. The van der Waals surface area contributed by atoms with Crippen molar-refractivity contribution in [2.45, 2.75) is 17.7 Å². The monoisotopic (exact) mass is 447 g/mol. The van der Waals surface area contributed by atoms with Gasteiger partial charge in [0.25, 0.3) is 0 Å². The van der Waals surface area contributed by atoms with E-state index < -0.39 is 10.0 Å². The summed E-state index contributed by atoms with van der Waals surface area (Å²) in [6.45, 7) is 0.982. The van der Waals surface area contributed by atoms with Gasteiger partial charge in [0, 0.05) is 23.9 Å². The molecule has 4 aromatic rings. The topological polar surface area (TPSA) is 110 Å². The van der Waals surface area contributed by atoms with Crippen molar-refractivity contribution in [3.05, 3.63) is 78.9 Å². The van der Waals surface area contributed by atoms with Crippen molar-refractivity contribution in [1.29, 1.82) is 0 Å². The van der Waals surface area contributed by atoms with E-state index in [-0.39, 0.29) is 0 Å². The fourth-order valence-corrected chi connectivity index (χ4v) is 4.74. The molecule has 0 fully saturated rings. The first kappa shape index (κ1) is 21.7. The Morgan fingerprint density at radius 1 is 0.812 bits per heavy atom. The van der Waals surface area contributed by atoms with Gasteiger partial charge in [0.05, 0.1) is 10.4 Å². The fourth-order valence-electron chi connectivity index (χ4n) is 3.47. The smallest absolute Gasteiger partial charge is 0.241 e. The zero-order chi connectivity index (χ0) is 22.4. The second kappa shape index (κ2) is 9.76. The third-order valence-electron chi connectivity index (χ3n) is 5.04. The average molecular weight is 448 g/mol. The van der Waals surface area contributed by atoms with E-state index in [1.54, 1.807) is 12.1 Å². The number of anilines is 2. The maximum Gasteiger partial charge on any atom is 0.241 e. The predicted octanol–water partition coefficient (Wildman–Crippen LogP) is 4.09. The first-order valence-electron chi connectivity index (χ1n) is 10.4. The molecule has 164 valence electrons. The number of hydrogen-bond acceptors (Lipinski definition) is 6. The van der Waals surface area contributed by atoms with Crippen molar-refractivity contribution < 1.29 is 8.42 Å². The van der Waals surface area contributed by atoms with E-state index >= 15 is 0 Å². The number of rotatable bonds is 9. The maximum atomic E-state index is 12.7. The van der Waals surface area contributed by atoms with Gasteiger partial charge in [-0.2, -0.15) is 4.98 Å². The molecule has 32 heavy (non-hydrogen) atoms. The Hall–Kier alpha value is -3.49. The summed E-state index contributed by atoms with van der Waals surface area (Å²) in [7, 11) is -3.57. The number of nitrogen functional groups attached to an aromatic ring is 1. The van der Waals surface area contributed by atoms with Gasteiger partial charge in [-0.1, -0.05) is 60.7 Å². The highest BCUT2D eigenvalue weighted by molar-refractivity contribution is 7.89. The summed E-state index contributed by atoms with van der Waals surface area (Å²) in [5, 5.41) is 5.63. The molecule has 3 aromatic carbocycles. The van der Waals surface area contributed by atoms with E-state index in [2.05, 4.69) is 20.0 Å². The van der Waals surface area contributed by atoms with Gasteiger partial charge < -0.3 is 11.1 Å². The molecule has 0 aliphatic heterocycles. The summed E-state index contributed by atoms with van der Waals surface area (Å²) < 4.78 is 28.1. The lowest BCUT2D eigenvalue weighted by Crippen LogP contribution is -2.24. The molecule has 7 nitrogen and oxygen atoms in total. The minimum atomic E-state index is -3.57. The molecule has 1 heterocycles. The van der Waals surface area contributed by atoms with Crippen molar-refractivity contribution in [3.63, 3.8) is 0 Å². The lowest BCUT2D eigenvalue weighted by molar-refractivity contribution is 0.583. The molecule has 0 aliphatic carbocycles. The standard InChI is InChI=1S/C24H25N5O2S/c25-23-20-13-5-6-14-21(20)28-24(29-23)26-16-7-1-2-8-17-27-32(30,31)22-15-9-11-18-10-3-4-12-19(18)22/h1-6,9-15,27H,7-8,16-17H2,(H3,25,26,28,29). The van der Waals surface area contributed by atoms with Crippen molar-refractivity contribution >= 4 is 43.5 Å². The minimum absolute atomic E-state index is 0.304. The zero-order valence-electron chi connectivity index (χ0n) is 17.5. The van der Waals surface area contributed by atoms with Gasteiger partial charge in [0.1, 0.15) is 5.82 Å². The molecule has 0 saturated carbocycles. The molecule has 0 radical (unpaired) electrons. The van der Waals surface area contributed by atoms with E-state index in [0.29, 0.717) is 36.2 Å². The van der Waals surface area contributed by atoms with Crippen LogP contribution in [0.25, 0.3) is 21.7 Å². The molecule has 0 bridgehead atoms. The van der Waals surface area contributed by atoms with Crippen LogP contribution in [-0.4, -0.2) is 31.5 Å². The molecule has 0 spiro atoms. The van der Waals surface area contributed by atoms with Crippen LogP contribution in [0.1, 0.15) is 12.8 Å². The van der Waals surface area contributed by atoms with E-state index in [1.807, 2.05) is 66.7 Å². The Bertz CT molecular complexity index is 1360. The zero-order valence-corrected chi connectivity index (χ0v) is 18.3. The second-order valence-corrected chi connectivity index (χ2v) is 9.04. The molecular formula is C24H25N5O2S. The molecule has 8 heteroatoms. The number of benzene rings is 3. The van der Waals surface area contributed by atoms with Gasteiger partial charge in [0.15, 0.2) is 0 Å². The van der Waals surface area contributed by atoms with E-state index in [4.69, 9.17) is 5.73 Å². The number of nitrogens with one attached hydrogen (secondary N) is 2. The van der Waals surface area contributed by atoms with Crippen LogP contribution in [0.15, 0.2) is 83.8 Å². The maximum absolute atomic E-state index is 12.7. The Kier molecular flexibility index (Phi) is 6.63. The van der Waals surface area contributed by atoms with Crippen LogP contribution >= 0.6 is 0 Å². The number of sulfonamides is 1. The van der Waals surface area contributed by atoms with Gasteiger partial charge in [0.2, 0.25) is 16.0 Å². The average Bonchev–Trinajstić information content (AvgIpc) is 2.80. The Morgan fingerprint density at radius 2 is 1.50 bits per heavy atom. The molecule has 0 saturated heterocycles. The molecule has 0 aliphatic rings. The highest BCUT2D eigenvalue weighted by Gasteiger charge is 2.15. The number of hydrogen-bond donors (Lipinski definition) is 3. The van der Waals surface area contributed by atoms with Gasteiger partial charge in [-0.3, -0.25) is 0 Å². The van der Waals surface area contributed by atoms with Crippen molar-refractivity contribution in [2.75, 3.05) is 24.1 Å². The van der Waals surface area contributed by atoms with E-state index in [9.17, 15) is 8.42 Å². The summed E-state index contributed by atoms with van der Waals surface area (Å²) in [6, 6.07) is 20.4. The molecule has 0 atom stereocenters. The van der Waals surface area contributed by atoms with Crippen LogP contribution in [0.5, 0.6) is 0 Å². The van der Waals surface area contributed by atoms with Crippen LogP contribution in [0.2, 0.25) is 0 Å². The molecule has 4 N–H and O–H groups in total. The first-order valence-corrected chi connectivity index (χ1v) is 11.9. The molecule has 0 unspecified atom stereocenters. The van der Waals surface area contributed by atoms with Crippen LogP contribution in [0.4, 0.5) is 11.8 Å². The van der Waals surface area contributed by atoms with E-state index in [1.165, 1.54) is 0 Å². The van der Waals surface area contributed by atoms with E-state index in [0.717, 1.165) is 28.1 Å². The van der Waals surface area contributed by atoms with Crippen molar-refractivity contribution in [2.24, 2.45) is 0 Å². The summed E-state index contributed by atoms with van der Waals surface area (Å²) in [6.07, 6.45) is 5.32. The number of nitrogens with two attached hydrogens (primary N) is 1. The van der Waals surface area contributed by atoms with Crippen LogP contribution < -0.4 is 15.8 Å². The van der Waals surface area contributed by atoms with Crippen LogP contribution in [0.3, 0.4) is 0 Å². The summed E-state index contributed by atoms with van der Waals surface area (Å²) in [5.74, 6) is 0.949. The fraction of sp³-hybridized carbons (Fsp3) is 0.167. The Labute approximate surface area is 187 Å². The summed E-state index contributed by atoms with van der Waals surface area (Å²) in [5.41, 5.74) is 6.79. The molecular weight excluding hydrogens is 422 g/mol.